The van der Waals surface area contributed by atoms with Crippen LogP contribution in [0.3, 0.4) is 0 Å². The number of aromatic nitrogens is 1. The zero-order chi connectivity index (χ0) is 14.5. The average molecular weight is 297 g/mol. The maximum Gasteiger partial charge on any atom is 0.202 e. The molecule has 2 saturated heterocycles. The van der Waals surface area contributed by atoms with Gasteiger partial charge in [0.15, 0.2) is 0 Å². The molecule has 5 rings (SSSR count). The Labute approximate surface area is 129 Å². The van der Waals surface area contributed by atoms with Gasteiger partial charge >= 0.3 is 0 Å². The van der Waals surface area contributed by atoms with Crippen molar-refractivity contribution in [3.63, 3.8) is 0 Å². The van der Waals surface area contributed by atoms with Crippen molar-refractivity contribution >= 4 is 23.6 Å². The Morgan fingerprint density at radius 3 is 1.77 bits per heavy atom. The summed E-state index contributed by atoms with van der Waals surface area (Å²) < 4.78 is 0. The molecule has 7 heteroatoms. The first-order valence-corrected chi connectivity index (χ1v) is 8.01. The summed E-state index contributed by atoms with van der Waals surface area (Å²) in [6.45, 7) is 7.95. The molecule has 7 nitrogen and oxygen atoms in total. The fourth-order valence-electron chi connectivity index (χ4n) is 3.67. The maximum atomic E-state index is 4.89. The largest absolute Gasteiger partial charge is 0.339 e. The Bertz CT molecular complexity index is 614. The van der Waals surface area contributed by atoms with Crippen LogP contribution in [0, 0.1) is 0 Å². The maximum absolute atomic E-state index is 4.89. The van der Waals surface area contributed by atoms with Gasteiger partial charge in [-0.25, -0.2) is 4.98 Å². The second-order valence-electron chi connectivity index (χ2n) is 5.99. The molecular weight excluding hydrogens is 278 g/mol. The first kappa shape index (κ1) is 12.3. The van der Waals surface area contributed by atoms with Gasteiger partial charge in [0.1, 0.15) is 11.6 Å². The van der Waals surface area contributed by atoms with E-state index < -0.39 is 0 Å². The first-order chi connectivity index (χ1) is 10.9. The van der Waals surface area contributed by atoms with E-state index in [0.717, 1.165) is 75.9 Å². The highest BCUT2D eigenvalue weighted by Gasteiger charge is 2.33. The SMILES string of the molecule is c1cc(N2CCN3CCN=C32)nc(N2CCN3CCN=C32)c1. The Morgan fingerprint density at radius 2 is 1.23 bits per heavy atom. The van der Waals surface area contributed by atoms with Crippen molar-refractivity contribution < 1.29 is 0 Å². The highest BCUT2D eigenvalue weighted by atomic mass is 15.5. The predicted octanol–water partition coefficient (Wildman–Crippen LogP) is 0.0648. The third-order valence-electron chi connectivity index (χ3n) is 4.75. The Balaban J connectivity index is 1.47. The number of pyridine rings is 1. The molecule has 5 heterocycles. The molecule has 1 aromatic heterocycles. The van der Waals surface area contributed by atoms with Gasteiger partial charge in [0.2, 0.25) is 11.9 Å². The first-order valence-electron chi connectivity index (χ1n) is 8.01. The Hall–Kier alpha value is -2.31. The normalized spacial score (nSPS) is 23.1. The van der Waals surface area contributed by atoms with E-state index in [4.69, 9.17) is 4.98 Å². The van der Waals surface area contributed by atoms with Gasteiger partial charge < -0.3 is 9.80 Å². The molecule has 0 aromatic carbocycles. The Morgan fingerprint density at radius 1 is 0.682 bits per heavy atom. The second kappa shape index (κ2) is 4.59. The van der Waals surface area contributed by atoms with Crippen molar-refractivity contribution in [3.8, 4) is 0 Å². The molecular formula is C15H19N7. The highest BCUT2D eigenvalue weighted by molar-refractivity contribution is 6.00. The fourth-order valence-corrected chi connectivity index (χ4v) is 3.67. The molecule has 4 aliphatic heterocycles. The molecule has 0 atom stereocenters. The van der Waals surface area contributed by atoms with E-state index in [2.05, 4.69) is 47.8 Å². The van der Waals surface area contributed by atoms with Gasteiger partial charge in [-0.05, 0) is 12.1 Å². The summed E-state index contributed by atoms with van der Waals surface area (Å²) in [7, 11) is 0. The minimum atomic E-state index is 0.906. The van der Waals surface area contributed by atoms with Crippen LogP contribution in [-0.2, 0) is 0 Å². The van der Waals surface area contributed by atoms with Crippen molar-refractivity contribution in [1.82, 2.24) is 14.8 Å². The number of nitrogens with zero attached hydrogens (tertiary/aromatic N) is 7. The van der Waals surface area contributed by atoms with Crippen LogP contribution in [0.1, 0.15) is 0 Å². The van der Waals surface area contributed by atoms with Crippen LogP contribution in [-0.4, -0.2) is 79.1 Å². The lowest BCUT2D eigenvalue weighted by molar-refractivity contribution is 0.503. The molecule has 0 amide bonds. The van der Waals surface area contributed by atoms with Gasteiger partial charge in [0, 0.05) is 39.3 Å². The van der Waals surface area contributed by atoms with Gasteiger partial charge in [0.05, 0.1) is 13.1 Å². The molecule has 0 saturated carbocycles. The third kappa shape index (κ3) is 1.71. The number of anilines is 2. The predicted molar refractivity (Wildman–Crippen MR) is 86.7 cm³/mol. The monoisotopic (exact) mass is 297 g/mol. The molecule has 0 N–H and O–H groups in total. The molecule has 4 aliphatic rings. The summed E-state index contributed by atoms with van der Waals surface area (Å²) in [5, 5.41) is 0. The summed E-state index contributed by atoms with van der Waals surface area (Å²) in [6, 6.07) is 6.25. The number of guanidine groups is 2. The van der Waals surface area contributed by atoms with Gasteiger partial charge in [-0.3, -0.25) is 19.8 Å². The van der Waals surface area contributed by atoms with Crippen LogP contribution in [0.25, 0.3) is 0 Å². The standard InChI is InChI=1S/C15H19N7/c1-2-12(21-10-8-19-6-4-16-14(19)21)18-13(3-1)22-11-9-20-7-5-17-15(20)22/h1-3H,4-11H2. The zero-order valence-electron chi connectivity index (χ0n) is 12.5. The van der Waals surface area contributed by atoms with E-state index in [1.54, 1.807) is 0 Å². The zero-order valence-corrected chi connectivity index (χ0v) is 12.5. The smallest absolute Gasteiger partial charge is 0.202 e. The van der Waals surface area contributed by atoms with Gasteiger partial charge in [0.25, 0.3) is 0 Å². The number of fused-ring (bicyclic) bond motifs is 2. The molecule has 0 spiro atoms. The van der Waals surface area contributed by atoms with Crippen molar-refractivity contribution in [3.05, 3.63) is 18.2 Å². The van der Waals surface area contributed by atoms with E-state index in [1.165, 1.54) is 0 Å². The van der Waals surface area contributed by atoms with E-state index in [0.29, 0.717) is 0 Å². The van der Waals surface area contributed by atoms with E-state index in [9.17, 15) is 0 Å². The Kier molecular flexibility index (Phi) is 2.56. The third-order valence-corrected chi connectivity index (χ3v) is 4.75. The van der Waals surface area contributed by atoms with Crippen LogP contribution in [0.2, 0.25) is 0 Å². The molecule has 0 aliphatic carbocycles. The highest BCUT2D eigenvalue weighted by Crippen LogP contribution is 2.26. The van der Waals surface area contributed by atoms with Crippen LogP contribution in [0.5, 0.6) is 0 Å². The molecule has 0 bridgehead atoms. The minimum Gasteiger partial charge on any atom is -0.339 e. The van der Waals surface area contributed by atoms with E-state index in [1.807, 2.05) is 0 Å². The lowest BCUT2D eigenvalue weighted by atomic mass is 10.4. The molecule has 22 heavy (non-hydrogen) atoms. The average Bonchev–Trinajstić information content (AvgIpc) is 3.27. The summed E-state index contributed by atoms with van der Waals surface area (Å²) in [5.41, 5.74) is 0. The quantitative estimate of drug-likeness (QED) is 0.773. The van der Waals surface area contributed by atoms with Crippen molar-refractivity contribution in [2.45, 2.75) is 0 Å². The van der Waals surface area contributed by atoms with Crippen LogP contribution >= 0.6 is 0 Å². The second-order valence-corrected chi connectivity index (χ2v) is 5.99. The van der Waals surface area contributed by atoms with Crippen molar-refractivity contribution in [1.29, 1.82) is 0 Å². The van der Waals surface area contributed by atoms with Crippen molar-refractivity contribution in [2.75, 3.05) is 62.2 Å². The molecule has 114 valence electrons. The molecule has 0 radical (unpaired) electrons. The number of hydrogen-bond donors (Lipinski definition) is 0. The lowest BCUT2D eigenvalue weighted by Gasteiger charge is -2.21. The molecule has 2 fully saturated rings. The number of rotatable bonds is 2. The van der Waals surface area contributed by atoms with Crippen LogP contribution < -0.4 is 9.80 Å². The molecule has 0 unspecified atom stereocenters. The molecule has 1 aromatic rings. The van der Waals surface area contributed by atoms with Crippen LogP contribution in [0.4, 0.5) is 11.6 Å². The van der Waals surface area contributed by atoms with E-state index in [-0.39, 0.29) is 0 Å². The number of aliphatic imine (C=N–C) groups is 2. The minimum absolute atomic E-state index is 0.906. The fraction of sp³-hybridized carbons (Fsp3) is 0.533. The topological polar surface area (TPSA) is 50.6 Å². The lowest BCUT2D eigenvalue weighted by Crippen LogP contribution is -2.32. The van der Waals surface area contributed by atoms with Gasteiger partial charge in [-0.2, -0.15) is 0 Å². The summed E-state index contributed by atoms with van der Waals surface area (Å²) >= 11 is 0. The van der Waals surface area contributed by atoms with Crippen LogP contribution in [0.15, 0.2) is 28.2 Å². The van der Waals surface area contributed by atoms with E-state index >= 15 is 0 Å². The van der Waals surface area contributed by atoms with Gasteiger partial charge in [-0.15, -0.1) is 0 Å². The van der Waals surface area contributed by atoms with Gasteiger partial charge in [-0.1, -0.05) is 6.07 Å². The summed E-state index contributed by atoms with van der Waals surface area (Å²) in [6.07, 6.45) is 0. The number of hydrogen-bond acceptors (Lipinski definition) is 7. The summed E-state index contributed by atoms with van der Waals surface area (Å²) in [4.78, 5) is 23.3. The van der Waals surface area contributed by atoms with Crippen molar-refractivity contribution in [2.24, 2.45) is 9.98 Å². The summed E-state index contributed by atoms with van der Waals surface area (Å²) in [5.74, 6) is 4.17.